The third kappa shape index (κ3) is 4.66. The van der Waals surface area contributed by atoms with E-state index in [1.165, 1.54) is 24.8 Å². The summed E-state index contributed by atoms with van der Waals surface area (Å²) in [7, 11) is -3.46. The number of piperidine rings is 1. The number of nitrogens with one attached hydrogen (secondary N) is 1. The van der Waals surface area contributed by atoms with E-state index >= 15 is 0 Å². The fraction of sp³-hybridized carbons (Fsp3) is 0.368. The summed E-state index contributed by atoms with van der Waals surface area (Å²) in [5.74, 6) is 0. The topological polar surface area (TPSA) is 49.4 Å². The van der Waals surface area contributed by atoms with Crippen LogP contribution >= 0.6 is 0 Å². The number of rotatable bonds is 6. The van der Waals surface area contributed by atoms with Crippen molar-refractivity contribution in [1.29, 1.82) is 0 Å². The van der Waals surface area contributed by atoms with Gasteiger partial charge in [-0.2, -0.15) is 0 Å². The molecule has 0 unspecified atom stereocenters. The van der Waals surface area contributed by atoms with Crippen molar-refractivity contribution in [3.05, 3.63) is 65.7 Å². The summed E-state index contributed by atoms with van der Waals surface area (Å²) in [6.45, 7) is 3.57. The quantitative estimate of drug-likeness (QED) is 0.876. The molecule has 1 aliphatic rings. The van der Waals surface area contributed by atoms with E-state index in [0.717, 1.165) is 25.2 Å². The second-order valence-corrected chi connectivity index (χ2v) is 8.06. The van der Waals surface area contributed by atoms with E-state index in [1.54, 1.807) is 24.3 Å². The fourth-order valence-electron chi connectivity index (χ4n) is 3.08. The third-order valence-electron chi connectivity index (χ3n) is 4.37. The van der Waals surface area contributed by atoms with Crippen LogP contribution in [-0.2, 0) is 23.1 Å². The van der Waals surface area contributed by atoms with E-state index in [9.17, 15) is 8.42 Å². The third-order valence-corrected chi connectivity index (χ3v) is 5.78. The number of sulfonamides is 1. The predicted molar refractivity (Wildman–Crippen MR) is 96.0 cm³/mol. The van der Waals surface area contributed by atoms with Crippen LogP contribution in [0, 0.1) is 0 Å². The van der Waals surface area contributed by atoms with E-state index in [-0.39, 0.29) is 0 Å². The summed E-state index contributed by atoms with van der Waals surface area (Å²) in [6.07, 6.45) is 3.88. The fourth-order valence-corrected chi connectivity index (χ4v) is 4.11. The average molecular weight is 344 g/mol. The van der Waals surface area contributed by atoms with E-state index < -0.39 is 10.0 Å². The van der Waals surface area contributed by atoms with Gasteiger partial charge in [0.05, 0.1) is 4.90 Å². The number of benzene rings is 2. The minimum absolute atomic E-state index is 0.300. The largest absolute Gasteiger partial charge is 0.299 e. The molecule has 0 saturated carbocycles. The molecule has 5 heteroatoms. The molecule has 0 aliphatic carbocycles. The molecule has 24 heavy (non-hydrogen) atoms. The first-order chi connectivity index (χ1) is 11.6. The van der Waals surface area contributed by atoms with Crippen molar-refractivity contribution in [3.63, 3.8) is 0 Å². The van der Waals surface area contributed by atoms with E-state index in [4.69, 9.17) is 0 Å². The standard InChI is InChI=1S/C19H24N2O2S/c22-24(23,19-10-3-1-4-11-19)20-15-17-8-7-9-18(14-17)16-21-12-5-2-6-13-21/h1,3-4,7-11,14,20H,2,5-6,12-13,15-16H2. The van der Waals surface area contributed by atoms with Crippen molar-refractivity contribution in [1.82, 2.24) is 9.62 Å². The number of likely N-dealkylation sites (tertiary alicyclic amines) is 1. The van der Waals surface area contributed by atoms with Gasteiger partial charge in [0.15, 0.2) is 0 Å². The number of hydrogen-bond acceptors (Lipinski definition) is 3. The first-order valence-electron chi connectivity index (χ1n) is 8.48. The highest BCUT2D eigenvalue weighted by atomic mass is 32.2. The lowest BCUT2D eigenvalue weighted by Crippen LogP contribution is -2.29. The Bertz CT molecular complexity index is 754. The summed E-state index contributed by atoms with van der Waals surface area (Å²) < 4.78 is 27.3. The molecule has 1 heterocycles. The second kappa shape index (κ2) is 7.92. The Balaban J connectivity index is 1.62. The predicted octanol–water partition coefficient (Wildman–Crippen LogP) is 3.15. The van der Waals surface area contributed by atoms with E-state index in [0.29, 0.717) is 11.4 Å². The Labute approximate surface area is 144 Å². The van der Waals surface area contributed by atoms with Gasteiger partial charge in [-0.3, -0.25) is 4.90 Å². The molecule has 0 amide bonds. The molecule has 2 aromatic rings. The maximum absolute atomic E-state index is 12.3. The molecule has 3 rings (SSSR count). The molecular formula is C19H24N2O2S. The Morgan fingerprint density at radius 2 is 1.58 bits per heavy atom. The summed E-state index contributed by atoms with van der Waals surface area (Å²) >= 11 is 0. The second-order valence-electron chi connectivity index (χ2n) is 6.29. The highest BCUT2D eigenvalue weighted by Crippen LogP contribution is 2.15. The molecule has 1 fully saturated rings. The van der Waals surface area contributed by atoms with Crippen LogP contribution in [-0.4, -0.2) is 26.4 Å². The zero-order chi connectivity index (χ0) is 16.8. The van der Waals surface area contributed by atoms with Gasteiger partial charge in [-0.1, -0.05) is 48.9 Å². The van der Waals surface area contributed by atoms with Gasteiger partial charge in [0.25, 0.3) is 0 Å². The first kappa shape index (κ1) is 17.1. The van der Waals surface area contributed by atoms with Crippen LogP contribution in [0.15, 0.2) is 59.5 Å². The molecule has 0 bridgehead atoms. The van der Waals surface area contributed by atoms with Crippen LogP contribution in [0.2, 0.25) is 0 Å². The maximum atomic E-state index is 12.3. The van der Waals surface area contributed by atoms with Crippen LogP contribution in [0.1, 0.15) is 30.4 Å². The molecular weight excluding hydrogens is 320 g/mol. The highest BCUT2D eigenvalue weighted by molar-refractivity contribution is 7.89. The molecule has 0 atom stereocenters. The van der Waals surface area contributed by atoms with Gasteiger partial charge in [-0.15, -0.1) is 0 Å². The smallest absolute Gasteiger partial charge is 0.240 e. The minimum Gasteiger partial charge on any atom is -0.299 e. The van der Waals surface area contributed by atoms with Crippen LogP contribution in [0.3, 0.4) is 0 Å². The molecule has 2 aromatic carbocycles. The van der Waals surface area contributed by atoms with Crippen molar-refractivity contribution >= 4 is 10.0 Å². The maximum Gasteiger partial charge on any atom is 0.240 e. The Kier molecular flexibility index (Phi) is 5.66. The number of nitrogens with zero attached hydrogens (tertiary/aromatic N) is 1. The molecule has 128 valence electrons. The van der Waals surface area contributed by atoms with Gasteiger partial charge in [-0.05, 0) is 49.2 Å². The van der Waals surface area contributed by atoms with Crippen molar-refractivity contribution in [2.24, 2.45) is 0 Å². The lowest BCUT2D eigenvalue weighted by Gasteiger charge is -2.26. The highest BCUT2D eigenvalue weighted by Gasteiger charge is 2.13. The van der Waals surface area contributed by atoms with Crippen molar-refractivity contribution < 1.29 is 8.42 Å². The molecule has 1 N–H and O–H groups in total. The molecule has 4 nitrogen and oxygen atoms in total. The van der Waals surface area contributed by atoms with Gasteiger partial charge in [0.2, 0.25) is 10.0 Å². The van der Waals surface area contributed by atoms with Crippen molar-refractivity contribution in [2.45, 2.75) is 37.2 Å². The van der Waals surface area contributed by atoms with Crippen molar-refractivity contribution in [3.8, 4) is 0 Å². The summed E-state index contributed by atoms with van der Waals surface area (Å²) in [6, 6.07) is 16.7. The Morgan fingerprint density at radius 3 is 2.33 bits per heavy atom. The van der Waals surface area contributed by atoms with Crippen molar-refractivity contribution in [2.75, 3.05) is 13.1 Å². The normalized spacial score (nSPS) is 16.2. The molecule has 0 spiro atoms. The van der Waals surface area contributed by atoms with Gasteiger partial charge >= 0.3 is 0 Å². The lowest BCUT2D eigenvalue weighted by molar-refractivity contribution is 0.221. The first-order valence-corrected chi connectivity index (χ1v) is 9.97. The molecule has 0 radical (unpaired) electrons. The molecule has 0 aromatic heterocycles. The Morgan fingerprint density at radius 1 is 0.875 bits per heavy atom. The minimum atomic E-state index is -3.46. The van der Waals surface area contributed by atoms with E-state index in [2.05, 4.69) is 21.8 Å². The summed E-state index contributed by atoms with van der Waals surface area (Å²) in [5.41, 5.74) is 2.23. The van der Waals surface area contributed by atoms with Crippen LogP contribution in [0.4, 0.5) is 0 Å². The summed E-state index contributed by atoms with van der Waals surface area (Å²) in [4.78, 5) is 2.77. The lowest BCUT2D eigenvalue weighted by atomic mass is 10.1. The van der Waals surface area contributed by atoms with Gasteiger partial charge in [0, 0.05) is 13.1 Å². The van der Waals surface area contributed by atoms with Crippen LogP contribution in [0.5, 0.6) is 0 Å². The van der Waals surface area contributed by atoms with Gasteiger partial charge in [0.1, 0.15) is 0 Å². The molecule has 1 aliphatic heterocycles. The van der Waals surface area contributed by atoms with E-state index in [1.807, 2.05) is 18.2 Å². The van der Waals surface area contributed by atoms with Gasteiger partial charge < -0.3 is 0 Å². The zero-order valence-corrected chi connectivity index (χ0v) is 14.6. The molecule has 1 saturated heterocycles. The van der Waals surface area contributed by atoms with Gasteiger partial charge in [-0.25, -0.2) is 13.1 Å². The average Bonchev–Trinajstić information content (AvgIpc) is 2.62. The van der Waals surface area contributed by atoms with Crippen LogP contribution < -0.4 is 4.72 Å². The van der Waals surface area contributed by atoms with Crippen LogP contribution in [0.25, 0.3) is 0 Å². The Hall–Kier alpha value is -1.69. The monoisotopic (exact) mass is 344 g/mol. The number of hydrogen-bond donors (Lipinski definition) is 1. The SMILES string of the molecule is O=S(=O)(NCc1cccc(CN2CCCCC2)c1)c1ccccc1. The zero-order valence-electron chi connectivity index (χ0n) is 13.8. The summed E-state index contributed by atoms with van der Waals surface area (Å²) in [5, 5.41) is 0.